The van der Waals surface area contributed by atoms with Gasteiger partial charge in [-0.05, 0) is 109 Å². The van der Waals surface area contributed by atoms with Gasteiger partial charge < -0.3 is 18.3 Å². The maximum Gasteiger partial charge on any atom is 0.416 e. The summed E-state index contributed by atoms with van der Waals surface area (Å²) in [6, 6.07) is 76.0. The van der Waals surface area contributed by atoms with Crippen LogP contribution in [0.25, 0.3) is 144 Å². The minimum Gasteiger partial charge on any atom is -0.309 e. The molecule has 0 amide bonds. The van der Waals surface area contributed by atoms with E-state index in [-0.39, 0.29) is 28.6 Å². The lowest BCUT2D eigenvalue weighted by atomic mass is 10.0. The van der Waals surface area contributed by atoms with E-state index in [0.717, 1.165) is 101 Å². The van der Waals surface area contributed by atoms with E-state index in [1.807, 2.05) is 118 Å². The van der Waals surface area contributed by atoms with Gasteiger partial charge in [0.2, 0.25) is 0 Å². The van der Waals surface area contributed by atoms with Crippen LogP contribution in [-0.4, -0.2) is 33.2 Å². The van der Waals surface area contributed by atoms with Crippen LogP contribution in [0.3, 0.4) is 0 Å². The van der Waals surface area contributed by atoms with Crippen molar-refractivity contribution >= 4 is 87.2 Å². The molecule has 0 radical (unpaired) electrons. The predicted molar refractivity (Wildman–Crippen MR) is 323 cm³/mol. The van der Waals surface area contributed by atoms with Crippen molar-refractivity contribution in [2.75, 3.05) is 0 Å². The fourth-order valence-electron chi connectivity index (χ4n) is 12.6. The summed E-state index contributed by atoms with van der Waals surface area (Å²) in [6.45, 7) is 0. The fourth-order valence-corrected chi connectivity index (χ4v) is 12.6. The third kappa shape index (κ3) is 7.58. The summed E-state index contributed by atoms with van der Waals surface area (Å²) >= 11 is 0. The second-order valence-electron chi connectivity index (χ2n) is 21.0. The van der Waals surface area contributed by atoms with E-state index in [2.05, 4.69) is 81.9 Å². The second kappa shape index (κ2) is 18.4. The van der Waals surface area contributed by atoms with Crippen molar-refractivity contribution in [3.8, 4) is 56.9 Å². The van der Waals surface area contributed by atoms with Crippen LogP contribution in [0.15, 0.2) is 249 Å². The Labute approximate surface area is 473 Å². The zero-order valence-corrected chi connectivity index (χ0v) is 44.1. The molecule has 0 aliphatic carbocycles. The number of halogens is 6. The first kappa shape index (κ1) is 49.1. The topological polar surface area (TPSA) is 58.4 Å². The smallest absolute Gasteiger partial charge is 0.309 e. The van der Waals surface area contributed by atoms with Crippen molar-refractivity contribution in [3.63, 3.8) is 0 Å². The molecule has 0 saturated heterocycles. The summed E-state index contributed by atoms with van der Waals surface area (Å²) in [6.07, 6.45) is -9.64. The van der Waals surface area contributed by atoms with Crippen molar-refractivity contribution < 1.29 is 26.3 Å². The fraction of sp³-hybridized carbons (Fsp3) is 0.0282. The number of hydrogen-bond donors (Lipinski definition) is 0. The molecule has 84 heavy (non-hydrogen) atoms. The van der Waals surface area contributed by atoms with Gasteiger partial charge in [0, 0.05) is 71.2 Å². The summed E-state index contributed by atoms with van der Waals surface area (Å²) in [5, 5.41) is 7.14. The summed E-state index contributed by atoms with van der Waals surface area (Å²) in [4.78, 5) is 15.1. The molecule has 11 aromatic carbocycles. The van der Waals surface area contributed by atoms with Gasteiger partial charge in [-0.1, -0.05) is 140 Å². The van der Waals surface area contributed by atoms with Crippen LogP contribution in [0.4, 0.5) is 26.3 Å². The van der Waals surface area contributed by atoms with E-state index in [1.54, 1.807) is 30.3 Å². The Bertz CT molecular complexity index is 5030. The van der Waals surface area contributed by atoms with E-state index < -0.39 is 23.5 Å². The Balaban J connectivity index is 0.986. The second-order valence-corrected chi connectivity index (χ2v) is 21.0. The third-order valence-corrected chi connectivity index (χ3v) is 16.2. The molecule has 0 fully saturated rings. The van der Waals surface area contributed by atoms with Crippen LogP contribution in [0.2, 0.25) is 0 Å². The summed E-state index contributed by atoms with van der Waals surface area (Å²) in [7, 11) is 0. The molecule has 16 aromatic rings. The van der Waals surface area contributed by atoms with Crippen LogP contribution in [-0.2, 0) is 12.4 Å². The van der Waals surface area contributed by atoms with Gasteiger partial charge in [0.05, 0.1) is 66.6 Å². The first-order valence-electron chi connectivity index (χ1n) is 27.2. The first-order valence-corrected chi connectivity index (χ1v) is 27.2. The number of nitrogens with zero attached hydrogens (tertiary/aromatic N) is 7. The lowest BCUT2D eigenvalue weighted by molar-refractivity contribution is -0.138. The third-order valence-electron chi connectivity index (χ3n) is 16.2. The van der Waals surface area contributed by atoms with Crippen LogP contribution in [0.1, 0.15) is 11.1 Å². The van der Waals surface area contributed by atoms with E-state index in [0.29, 0.717) is 39.0 Å². The molecule has 0 atom stereocenters. The highest BCUT2D eigenvalue weighted by atomic mass is 19.4. The zero-order valence-electron chi connectivity index (χ0n) is 44.1. The Morgan fingerprint density at radius 1 is 0.250 bits per heavy atom. The monoisotopic (exact) mass is 1110 g/mol. The van der Waals surface area contributed by atoms with Crippen LogP contribution < -0.4 is 0 Å². The largest absolute Gasteiger partial charge is 0.416 e. The number of aromatic nitrogens is 7. The Morgan fingerprint density at radius 2 is 0.548 bits per heavy atom. The molecule has 7 nitrogen and oxygen atoms in total. The highest BCUT2D eigenvalue weighted by molar-refractivity contribution is 6.21. The van der Waals surface area contributed by atoms with Gasteiger partial charge in [0.1, 0.15) is 0 Å². The Morgan fingerprint density at radius 3 is 0.905 bits per heavy atom. The molecule has 0 aliphatic heterocycles. The molecule has 0 aliphatic rings. The average molecular weight is 1110 g/mol. The lowest BCUT2D eigenvalue weighted by Gasteiger charge is -2.19. The van der Waals surface area contributed by atoms with Crippen molar-refractivity contribution in [2.24, 2.45) is 0 Å². The van der Waals surface area contributed by atoms with Crippen molar-refractivity contribution in [1.82, 2.24) is 33.2 Å². The minimum absolute atomic E-state index is 0.0253. The Hall–Kier alpha value is -10.8. The van der Waals surface area contributed by atoms with Gasteiger partial charge >= 0.3 is 12.4 Å². The van der Waals surface area contributed by atoms with Crippen LogP contribution >= 0.6 is 0 Å². The molecule has 13 heteroatoms. The van der Waals surface area contributed by atoms with Crippen LogP contribution in [0, 0.1) is 0 Å². The summed E-state index contributed by atoms with van der Waals surface area (Å²) < 4.78 is 100. The van der Waals surface area contributed by atoms with Crippen molar-refractivity contribution in [2.45, 2.75) is 12.4 Å². The summed E-state index contributed by atoms with van der Waals surface area (Å²) in [5.41, 5.74) is 7.62. The molecule has 402 valence electrons. The number of alkyl halides is 6. The number of para-hydroxylation sites is 6. The molecule has 0 saturated carbocycles. The quantitative estimate of drug-likeness (QED) is 0.149. The summed E-state index contributed by atoms with van der Waals surface area (Å²) in [5.74, 6) is -0.333. The molecule has 0 N–H and O–H groups in total. The van der Waals surface area contributed by atoms with E-state index in [1.165, 1.54) is 12.1 Å². The minimum atomic E-state index is -4.82. The number of rotatable bonds is 7. The van der Waals surface area contributed by atoms with Crippen molar-refractivity contribution in [3.05, 3.63) is 260 Å². The Kier molecular flexibility index (Phi) is 10.7. The predicted octanol–water partition coefficient (Wildman–Crippen LogP) is 19.3. The first-order chi connectivity index (χ1) is 40.9. The zero-order chi connectivity index (χ0) is 56.6. The SMILES string of the molecule is FC(F)(F)c1ccc(-n2c3ccccc3c3cc4c(cc32)c2ccccc2n4-c2ccccc2)c(-c2nc(-c3ccccc3)nc(-c3cc(C(F)(F)F)ccc3-n3c4ccccc4c4cc5c(cc43)c3ccccc3n5-c3ccccc3)n2)c1. The number of fused-ring (bicyclic) bond motifs is 12. The molecule has 0 unspecified atom stereocenters. The standard InChI is InChI=1S/C71H41F6N7/c72-70(73,74)43-32-34-61(83-59-30-16-12-26-49(59)53-38-63-51(40-65(53)83)47-24-10-14-28-57(47)81(63)45-20-6-2-7-21-45)55(36-43)68-78-67(42-18-4-1-5-19-42)79-69(80-68)56-37-44(71(75,76)77)33-35-62(56)84-60-31-17-13-27-50(60)54-39-64-52(41-66(54)84)48-25-11-15-29-58(48)82(64)46-22-8-3-9-23-46/h1-41H. The van der Waals surface area contributed by atoms with Gasteiger partial charge in [0.15, 0.2) is 17.5 Å². The van der Waals surface area contributed by atoms with Crippen molar-refractivity contribution in [1.29, 1.82) is 0 Å². The maximum atomic E-state index is 15.3. The molecule has 5 aromatic heterocycles. The highest BCUT2D eigenvalue weighted by Crippen LogP contribution is 2.46. The van der Waals surface area contributed by atoms with E-state index in [9.17, 15) is 0 Å². The van der Waals surface area contributed by atoms with Gasteiger partial charge in [-0.2, -0.15) is 26.3 Å². The number of hydrogen-bond acceptors (Lipinski definition) is 3. The highest BCUT2D eigenvalue weighted by Gasteiger charge is 2.35. The number of benzene rings is 11. The normalized spacial score (nSPS) is 12.4. The van der Waals surface area contributed by atoms with Gasteiger partial charge in [-0.15, -0.1) is 0 Å². The molecule has 5 heterocycles. The van der Waals surface area contributed by atoms with Gasteiger partial charge in [0.25, 0.3) is 0 Å². The van der Waals surface area contributed by atoms with Gasteiger partial charge in [-0.3, -0.25) is 0 Å². The molecular weight excluding hydrogens is 1060 g/mol. The van der Waals surface area contributed by atoms with E-state index >= 15 is 26.3 Å². The average Bonchev–Trinajstić information content (AvgIpc) is 2.42. The maximum absolute atomic E-state index is 15.3. The molecular formula is C71H41F6N7. The molecule has 0 spiro atoms. The van der Waals surface area contributed by atoms with E-state index in [4.69, 9.17) is 15.0 Å². The molecule has 16 rings (SSSR count). The van der Waals surface area contributed by atoms with Crippen LogP contribution in [0.5, 0.6) is 0 Å². The lowest BCUT2D eigenvalue weighted by Crippen LogP contribution is -2.10. The molecule has 0 bridgehead atoms. The van der Waals surface area contributed by atoms with Gasteiger partial charge in [-0.25, -0.2) is 15.0 Å².